The number of nitrogens with zero attached hydrogens (tertiary/aromatic N) is 1. The number of piperidine rings is 1. The molecule has 3 heterocycles. The average Bonchev–Trinajstić information content (AvgIpc) is 3.33. The number of aliphatic hydroxyl groups excluding tert-OH is 4. The van der Waals surface area contributed by atoms with Gasteiger partial charge in [0, 0.05) is 44.9 Å². The van der Waals surface area contributed by atoms with Crippen molar-refractivity contribution in [2.24, 2.45) is 35.5 Å². The molecule has 4 rings (SSSR count). The summed E-state index contributed by atoms with van der Waals surface area (Å²) in [5.41, 5.74) is 1.18. The predicted molar refractivity (Wildman–Crippen MR) is 257 cm³/mol. The van der Waals surface area contributed by atoms with Gasteiger partial charge >= 0.3 is 5.97 Å². The van der Waals surface area contributed by atoms with Gasteiger partial charge in [-0.25, -0.2) is 4.79 Å². The molecule has 2 unspecified atom stereocenters. The van der Waals surface area contributed by atoms with Gasteiger partial charge in [0.15, 0.2) is 5.78 Å². The molecular formula is C53H83NO15. The van der Waals surface area contributed by atoms with Gasteiger partial charge in [-0.05, 0) is 108 Å². The zero-order valence-electron chi connectivity index (χ0n) is 42.5. The maximum Gasteiger partial charge on any atom is 0.329 e. The monoisotopic (exact) mass is 974 g/mol. The van der Waals surface area contributed by atoms with E-state index in [0.29, 0.717) is 69.8 Å². The minimum atomic E-state index is -2.43. The zero-order chi connectivity index (χ0) is 51.2. The number of aliphatic hydroxyl groups is 5. The van der Waals surface area contributed by atoms with Crippen LogP contribution < -0.4 is 0 Å². The third kappa shape index (κ3) is 16.0. The number of cyclic esters (lactones) is 1. The van der Waals surface area contributed by atoms with Crippen molar-refractivity contribution in [2.75, 3.05) is 34.0 Å². The highest BCUT2D eigenvalue weighted by Gasteiger charge is 2.53. The molecule has 5 N–H and O–H groups in total. The lowest BCUT2D eigenvalue weighted by molar-refractivity contribution is -0.262. The van der Waals surface area contributed by atoms with Crippen LogP contribution in [-0.4, -0.2) is 154 Å². The highest BCUT2D eigenvalue weighted by molar-refractivity contribution is 6.39. The Morgan fingerprint density at radius 2 is 1.65 bits per heavy atom. The summed E-state index contributed by atoms with van der Waals surface area (Å²) in [4.78, 5) is 72.1. The summed E-state index contributed by atoms with van der Waals surface area (Å²) in [5.74, 6) is -8.69. The van der Waals surface area contributed by atoms with Gasteiger partial charge in [0.25, 0.3) is 11.7 Å². The number of ketones is 3. The second-order valence-corrected chi connectivity index (χ2v) is 20.5. The second-order valence-electron chi connectivity index (χ2n) is 20.5. The topological polar surface area (TPSA) is 236 Å². The molecule has 1 saturated carbocycles. The fraction of sp³-hybridized carbons (Fsp3) is 0.755. The maximum atomic E-state index is 14.4. The highest BCUT2D eigenvalue weighted by Crippen LogP contribution is 2.37. The number of esters is 1. The summed E-state index contributed by atoms with van der Waals surface area (Å²) < 4.78 is 29.5. The Morgan fingerprint density at radius 3 is 2.33 bits per heavy atom. The molecule has 2 bridgehead atoms. The van der Waals surface area contributed by atoms with Crippen molar-refractivity contribution in [3.63, 3.8) is 0 Å². The van der Waals surface area contributed by atoms with E-state index in [1.807, 2.05) is 32.9 Å². The van der Waals surface area contributed by atoms with E-state index in [9.17, 15) is 49.5 Å². The minimum absolute atomic E-state index is 0.0759. The number of Topliss-reactive ketones (excluding diaryl/α,β-unsaturated/α-hetero) is 3. The molecule has 1 aliphatic carbocycles. The lowest BCUT2D eigenvalue weighted by Crippen LogP contribution is -2.60. The van der Waals surface area contributed by atoms with Gasteiger partial charge in [0.2, 0.25) is 5.79 Å². The van der Waals surface area contributed by atoms with Crippen molar-refractivity contribution in [1.29, 1.82) is 0 Å². The molecule has 1 amide bonds. The number of fused-ring (bicyclic) bond motifs is 3. The fourth-order valence-electron chi connectivity index (χ4n) is 10.3. The van der Waals surface area contributed by atoms with Gasteiger partial charge in [0.05, 0.1) is 37.6 Å². The molecule has 2 saturated heterocycles. The molecular weight excluding hydrogens is 891 g/mol. The van der Waals surface area contributed by atoms with Crippen LogP contribution in [0.5, 0.6) is 0 Å². The van der Waals surface area contributed by atoms with Crippen molar-refractivity contribution in [2.45, 2.75) is 186 Å². The highest BCUT2D eigenvalue weighted by atomic mass is 16.6. The van der Waals surface area contributed by atoms with Gasteiger partial charge in [-0.15, -0.1) is 0 Å². The van der Waals surface area contributed by atoms with Gasteiger partial charge < -0.3 is 54.1 Å². The molecule has 16 atom stereocenters. The van der Waals surface area contributed by atoms with E-state index >= 15 is 0 Å². The van der Waals surface area contributed by atoms with Crippen molar-refractivity contribution < 1.29 is 73.2 Å². The third-order valence-corrected chi connectivity index (χ3v) is 14.9. The summed E-state index contributed by atoms with van der Waals surface area (Å²) in [6, 6.07) is -1.15. The molecule has 3 fully saturated rings. The van der Waals surface area contributed by atoms with Gasteiger partial charge in [-0.1, -0.05) is 76.6 Å². The number of hydrogen-bond donors (Lipinski definition) is 5. The molecule has 16 nitrogen and oxygen atoms in total. The quantitative estimate of drug-likeness (QED) is 0.117. The van der Waals surface area contributed by atoms with Crippen LogP contribution in [-0.2, 0) is 47.7 Å². The first-order chi connectivity index (χ1) is 32.6. The van der Waals surface area contributed by atoms with E-state index in [4.69, 9.17) is 23.7 Å². The first kappa shape index (κ1) is 58.1. The maximum absolute atomic E-state index is 14.4. The van der Waals surface area contributed by atoms with Crippen LogP contribution in [0.25, 0.3) is 0 Å². The van der Waals surface area contributed by atoms with Crippen molar-refractivity contribution >= 4 is 29.2 Å². The van der Waals surface area contributed by atoms with Crippen LogP contribution in [0, 0.1) is 35.5 Å². The molecule has 16 heteroatoms. The second kappa shape index (κ2) is 27.4. The van der Waals surface area contributed by atoms with Gasteiger partial charge in [-0.3, -0.25) is 19.2 Å². The lowest BCUT2D eigenvalue weighted by atomic mass is 9.78. The SMILES string of the molecule is CO[C@@H]1C[C@H](C[C@@H](C)[C@@H]2CC(=O)[C@H](C)/C=C(/C)[C@@H](O)[C@@H](OC)C(=O)[C@H](C)C[C@H](C)C(OCC(O)CO)\C=C/C=C/C(C)=C/C[C@@H]3CC[C@@H](C)[C@@](O)(O3)C(=O)C(=O)N3CCCC[C@H]3C(=O)O2)CC[C@H]1O. The van der Waals surface area contributed by atoms with Crippen LogP contribution >= 0.6 is 0 Å². The number of rotatable bonds is 9. The summed E-state index contributed by atoms with van der Waals surface area (Å²) in [7, 11) is 2.89. The molecule has 0 spiro atoms. The van der Waals surface area contributed by atoms with E-state index in [1.165, 1.54) is 12.0 Å². The van der Waals surface area contributed by atoms with Crippen molar-refractivity contribution in [3.8, 4) is 0 Å². The summed E-state index contributed by atoms with van der Waals surface area (Å²) in [5, 5.41) is 53.5. The standard InChI is InChI=1S/C53H83NO15/c1-31-14-10-11-16-44(67-30-39(56)29-55)33(3)25-36(6)48(60)49(66-9)47(59)35(5)24-32(2)43(58)28-45(34(4)26-38-19-22-42(57)46(27-38)65-8)68-52(63)41-15-12-13-23-54(41)51(62)50(61)53(64)37(7)18-21-40(69-53)20-17-31/h10-11,14,16-17,24,32-34,36-42,44-47,49,55-57,59,64H,12-13,15,18-23,25-30H2,1-9H3/b14-10+,16-11-,31-17+,35-24-/t32-,33+,34-,36-,37-,38+,39?,40-,41+,42-,44?,45+,46-,47-,49-,53-/m1/s1. The molecule has 3 aliphatic heterocycles. The van der Waals surface area contributed by atoms with E-state index < -0.39 is 96.6 Å². The molecule has 390 valence electrons. The molecule has 0 aromatic carbocycles. The Bertz CT molecular complexity index is 1850. The Balaban J connectivity index is 1.71. The predicted octanol–water partition coefficient (Wildman–Crippen LogP) is 4.90. The summed E-state index contributed by atoms with van der Waals surface area (Å²) in [6.45, 7) is 11.8. The minimum Gasteiger partial charge on any atom is -0.460 e. The summed E-state index contributed by atoms with van der Waals surface area (Å²) in [6.07, 6.45) is 8.90. The number of hydrogen-bond acceptors (Lipinski definition) is 15. The number of methoxy groups -OCH3 is 2. The number of allylic oxidation sites excluding steroid dienone is 5. The molecule has 0 aromatic heterocycles. The largest absolute Gasteiger partial charge is 0.460 e. The normalized spacial score (nSPS) is 39.2. The van der Waals surface area contributed by atoms with Crippen LogP contribution in [0.1, 0.15) is 126 Å². The number of carbonyl (C=O) groups excluding carboxylic acids is 5. The van der Waals surface area contributed by atoms with Crippen LogP contribution in [0.2, 0.25) is 0 Å². The van der Waals surface area contributed by atoms with Crippen molar-refractivity contribution in [1.82, 2.24) is 4.90 Å². The molecule has 69 heavy (non-hydrogen) atoms. The molecule has 4 aliphatic rings. The Morgan fingerprint density at radius 1 is 0.928 bits per heavy atom. The lowest BCUT2D eigenvalue weighted by Gasteiger charge is -2.42. The van der Waals surface area contributed by atoms with Crippen LogP contribution in [0.15, 0.2) is 47.6 Å². The number of carbonyl (C=O) groups is 5. The molecule has 0 radical (unpaired) electrons. The first-order valence-electron chi connectivity index (χ1n) is 25.2. The fourth-order valence-corrected chi connectivity index (χ4v) is 10.3. The Kier molecular flexibility index (Phi) is 23.1. The average molecular weight is 974 g/mol. The van der Waals surface area contributed by atoms with Gasteiger partial charge in [-0.2, -0.15) is 0 Å². The summed E-state index contributed by atoms with van der Waals surface area (Å²) >= 11 is 0. The van der Waals surface area contributed by atoms with Crippen LogP contribution in [0.3, 0.4) is 0 Å². The van der Waals surface area contributed by atoms with Crippen molar-refractivity contribution in [3.05, 3.63) is 47.6 Å². The smallest absolute Gasteiger partial charge is 0.329 e. The number of amides is 1. The first-order valence-corrected chi connectivity index (χ1v) is 25.2. The van der Waals surface area contributed by atoms with Gasteiger partial charge in [0.1, 0.15) is 36.2 Å². The van der Waals surface area contributed by atoms with E-state index in [1.54, 1.807) is 59.1 Å². The Labute approximate surface area is 409 Å². The number of ether oxygens (including phenoxy) is 5. The zero-order valence-corrected chi connectivity index (χ0v) is 42.5. The Hall–Kier alpha value is -3.45. The van der Waals surface area contributed by atoms with Crippen LogP contribution in [0.4, 0.5) is 0 Å². The van der Waals surface area contributed by atoms with E-state index in [0.717, 1.165) is 5.57 Å². The van der Waals surface area contributed by atoms with E-state index in [2.05, 4.69) is 0 Å². The third-order valence-electron chi connectivity index (χ3n) is 14.9. The molecule has 0 aromatic rings. The van der Waals surface area contributed by atoms with E-state index in [-0.39, 0.29) is 61.4 Å².